The van der Waals surface area contributed by atoms with E-state index in [0.717, 1.165) is 18.4 Å². The highest BCUT2D eigenvalue weighted by Crippen LogP contribution is 2.06. The molecule has 0 unspecified atom stereocenters. The molecular weight excluding hydrogens is 292 g/mol. The number of carbonyl (C=O) groups is 2. The van der Waals surface area contributed by atoms with Crippen LogP contribution in [0.5, 0.6) is 0 Å². The molecule has 2 amide bonds. The Morgan fingerprint density at radius 2 is 1.65 bits per heavy atom. The summed E-state index contributed by atoms with van der Waals surface area (Å²) in [4.78, 5) is 23.0. The van der Waals surface area contributed by atoms with Gasteiger partial charge in [0.1, 0.15) is 5.60 Å². The lowest BCUT2D eigenvalue weighted by atomic mass is 10.2. The highest BCUT2D eigenvalue weighted by molar-refractivity contribution is 5.91. The number of ether oxygens (including phenoxy) is 1. The number of benzene rings is 1. The number of hydrogen-bond donors (Lipinski definition) is 2. The minimum absolute atomic E-state index is 0.117. The van der Waals surface area contributed by atoms with E-state index in [-0.39, 0.29) is 5.91 Å². The topological polar surface area (TPSA) is 67.4 Å². The van der Waals surface area contributed by atoms with Crippen LogP contribution in [0, 0.1) is 0 Å². The smallest absolute Gasteiger partial charge is 0.407 e. The Labute approximate surface area is 138 Å². The molecule has 0 aliphatic heterocycles. The van der Waals surface area contributed by atoms with Gasteiger partial charge < -0.3 is 15.4 Å². The van der Waals surface area contributed by atoms with E-state index in [1.165, 1.54) is 6.08 Å². The highest BCUT2D eigenvalue weighted by atomic mass is 16.6. The summed E-state index contributed by atoms with van der Waals surface area (Å²) in [6, 6.07) is 9.66. The van der Waals surface area contributed by atoms with E-state index in [0.29, 0.717) is 13.1 Å². The van der Waals surface area contributed by atoms with Gasteiger partial charge in [-0.2, -0.15) is 0 Å². The monoisotopic (exact) mass is 318 g/mol. The minimum Gasteiger partial charge on any atom is -0.444 e. The van der Waals surface area contributed by atoms with Crippen LogP contribution in [0.1, 0.15) is 39.2 Å². The van der Waals surface area contributed by atoms with Crippen molar-refractivity contribution in [3.63, 3.8) is 0 Å². The van der Waals surface area contributed by atoms with Gasteiger partial charge in [0, 0.05) is 19.2 Å². The number of hydrogen-bond acceptors (Lipinski definition) is 3. The summed E-state index contributed by atoms with van der Waals surface area (Å²) >= 11 is 0. The number of unbranched alkanes of at least 4 members (excludes halogenated alkanes) is 1. The maximum absolute atomic E-state index is 11.6. The molecule has 5 heteroatoms. The van der Waals surface area contributed by atoms with E-state index in [1.54, 1.807) is 6.08 Å². The molecule has 0 spiro atoms. The Morgan fingerprint density at radius 3 is 2.26 bits per heavy atom. The Hall–Kier alpha value is -2.30. The van der Waals surface area contributed by atoms with Gasteiger partial charge in [-0.05, 0) is 45.3 Å². The summed E-state index contributed by atoms with van der Waals surface area (Å²) in [5, 5.41) is 5.50. The fourth-order valence-corrected chi connectivity index (χ4v) is 1.76. The van der Waals surface area contributed by atoms with Crippen LogP contribution in [0.2, 0.25) is 0 Å². The Balaban J connectivity index is 2.08. The van der Waals surface area contributed by atoms with Gasteiger partial charge in [0.05, 0.1) is 0 Å². The van der Waals surface area contributed by atoms with E-state index < -0.39 is 11.7 Å². The quantitative estimate of drug-likeness (QED) is 0.599. The van der Waals surface area contributed by atoms with Gasteiger partial charge in [0.2, 0.25) is 5.91 Å². The molecule has 126 valence electrons. The molecule has 1 rings (SSSR count). The Kier molecular flexibility index (Phi) is 7.88. The summed E-state index contributed by atoms with van der Waals surface area (Å²) in [5.41, 5.74) is 0.507. The van der Waals surface area contributed by atoms with Gasteiger partial charge in [-0.1, -0.05) is 30.3 Å². The SMILES string of the molecule is CC(C)(C)OC(=O)NCCCCNC(=O)C=Cc1ccccc1. The first-order valence-electron chi connectivity index (χ1n) is 7.84. The number of carbonyl (C=O) groups excluding carboxylic acids is 2. The van der Waals surface area contributed by atoms with Crippen molar-refractivity contribution in [2.75, 3.05) is 13.1 Å². The largest absolute Gasteiger partial charge is 0.444 e. The van der Waals surface area contributed by atoms with E-state index in [2.05, 4.69) is 10.6 Å². The lowest BCUT2D eigenvalue weighted by Crippen LogP contribution is -2.33. The van der Waals surface area contributed by atoms with Crippen molar-refractivity contribution in [2.24, 2.45) is 0 Å². The van der Waals surface area contributed by atoms with Crippen LogP contribution < -0.4 is 10.6 Å². The van der Waals surface area contributed by atoms with Crippen molar-refractivity contribution in [2.45, 2.75) is 39.2 Å². The number of amides is 2. The summed E-state index contributed by atoms with van der Waals surface area (Å²) in [6.07, 6.45) is 4.46. The normalized spacial score (nSPS) is 11.3. The first kappa shape index (κ1) is 18.7. The predicted molar refractivity (Wildman–Crippen MR) is 92.0 cm³/mol. The molecule has 0 atom stereocenters. The predicted octanol–water partition coefficient (Wildman–Crippen LogP) is 3.12. The van der Waals surface area contributed by atoms with Crippen molar-refractivity contribution in [1.82, 2.24) is 10.6 Å². The van der Waals surface area contributed by atoms with Crippen molar-refractivity contribution >= 4 is 18.1 Å². The van der Waals surface area contributed by atoms with E-state index in [4.69, 9.17) is 4.74 Å². The molecule has 2 N–H and O–H groups in total. The van der Waals surface area contributed by atoms with Crippen LogP contribution in [0.3, 0.4) is 0 Å². The third kappa shape index (κ3) is 10.1. The summed E-state index contributed by atoms with van der Waals surface area (Å²) in [6.45, 7) is 6.58. The lowest BCUT2D eigenvalue weighted by molar-refractivity contribution is -0.116. The van der Waals surface area contributed by atoms with Crippen molar-refractivity contribution in [1.29, 1.82) is 0 Å². The molecule has 0 aliphatic rings. The maximum Gasteiger partial charge on any atom is 0.407 e. The molecule has 0 aliphatic carbocycles. The van der Waals surface area contributed by atoms with Crippen molar-refractivity contribution < 1.29 is 14.3 Å². The molecule has 0 radical (unpaired) electrons. The van der Waals surface area contributed by atoms with E-state index >= 15 is 0 Å². The first-order valence-corrected chi connectivity index (χ1v) is 7.84. The van der Waals surface area contributed by atoms with E-state index in [9.17, 15) is 9.59 Å². The zero-order valence-corrected chi connectivity index (χ0v) is 14.1. The third-order valence-electron chi connectivity index (χ3n) is 2.80. The molecule has 0 aromatic heterocycles. The fourth-order valence-electron chi connectivity index (χ4n) is 1.76. The zero-order valence-electron chi connectivity index (χ0n) is 14.1. The van der Waals surface area contributed by atoms with E-state index in [1.807, 2.05) is 51.1 Å². The van der Waals surface area contributed by atoms with Gasteiger partial charge in [-0.25, -0.2) is 4.79 Å². The average molecular weight is 318 g/mol. The van der Waals surface area contributed by atoms with Gasteiger partial charge in [-0.15, -0.1) is 0 Å². The minimum atomic E-state index is -0.483. The molecule has 5 nitrogen and oxygen atoms in total. The molecule has 0 fully saturated rings. The zero-order chi connectivity index (χ0) is 17.1. The molecule has 1 aromatic rings. The van der Waals surface area contributed by atoms with Gasteiger partial charge in [-0.3, -0.25) is 4.79 Å². The molecular formula is C18H26N2O3. The molecule has 1 aromatic carbocycles. The number of rotatable bonds is 7. The van der Waals surface area contributed by atoms with Crippen molar-refractivity contribution in [3.05, 3.63) is 42.0 Å². The van der Waals surface area contributed by atoms with Gasteiger partial charge in [0.15, 0.2) is 0 Å². The molecule has 0 saturated heterocycles. The molecule has 23 heavy (non-hydrogen) atoms. The average Bonchev–Trinajstić information content (AvgIpc) is 2.48. The van der Waals surface area contributed by atoms with Crippen LogP contribution in [0.4, 0.5) is 4.79 Å². The molecule has 0 heterocycles. The Bertz CT molecular complexity index is 519. The van der Waals surface area contributed by atoms with Crippen LogP contribution in [0.25, 0.3) is 6.08 Å². The second kappa shape index (κ2) is 9.66. The Morgan fingerprint density at radius 1 is 1.04 bits per heavy atom. The fraction of sp³-hybridized carbons (Fsp3) is 0.444. The van der Waals surface area contributed by atoms with Crippen molar-refractivity contribution in [3.8, 4) is 0 Å². The second-order valence-electron chi connectivity index (χ2n) is 6.17. The summed E-state index contributed by atoms with van der Waals surface area (Å²) < 4.78 is 5.13. The number of nitrogens with one attached hydrogen (secondary N) is 2. The molecule has 0 bridgehead atoms. The van der Waals surface area contributed by atoms with Crippen LogP contribution in [-0.4, -0.2) is 30.7 Å². The standard InChI is InChI=1S/C18H26N2O3/c1-18(2,3)23-17(22)20-14-8-7-13-19-16(21)12-11-15-9-5-4-6-10-15/h4-6,9-12H,7-8,13-14H2,1-3H3,(H,19,21)(H,20,22). The van der Waals surface area contributed by atoms with Crippen LogP contribution in [-0.2, 0) is 9.53 Å². The lowest BCUT2D eigenvalue weighted by Gasteiger charge is -2.19. The third-order valence-corrected chi connectivity index (χ3v) is 2.80. The van der Waals surface area contributed by atoms with Gasteiger partial charge in [0.25, 0.3) is 0 Å². The van der Waals surface area contributed by atoms with Gasteiger partial charge >= 0.3 is 6.09 Å². The summed E-state index contributed by atoms with van der Waals surface area (Å²) in [7, 11) is 0. The van der Waals surface area contributed by atoms with Crippen LogP contribution >= 0.6 is 0 Å². The second-order valence-corrected chi connectivity index (χ2v) is 6.17. The summed E-state index contributed by atoms with van der Waals surface area (Å²) in [5.74, 6) is -0.117. The number of alkyl carbamates (subject to hydrolysis) is 1. The first-order chi connectivity index (χ1) is 10.9. The van der Waals surface area contributed by atoms with Crippen LogP contribution in [0.15, 0.2) is 36.4 Å². The highest BCUT2D eigenvalue weighted by Gasteiger charge is 2.15. The molecule has 0 saturated carbocycles. The maximum atomic E-state index is 11.6.